The average molecular weight is 466 g/mol. The normalized spacial score (nSPS) is 47.7. The number of nitrogens with one attached hydrogen (secondary N) is 1. The van der Waals surface area contributed by atoms with Crippen molar-refractivity contribution in [3.8, 4) is 0 Å². The van der Waals surface area contributed by atoms with Gasteiger partial charge >= 0.3 is 5.97 Å². The summed E-state index contributed by atoms with van der Waals surface area (Å²) in [7, 11) is 0. The van der Waals surface area contributed by atoms with Crippen LogP contribution in [0.25, 0.3) is 0 Å². The van der Waals surface area contributed by atoms with Crippen LogP contribution in [-0.2, 0) is 9.59 Å². The molecular formula is C26H43NO6. The minimum atomic E-state index is -1.03. The zero-order valence-electron chi connectivity index (χ0n) is 20.4. The third kappa shape index (κ3) is 4.23. The first kappa shape index (κ1) is 24.9. The van der Waals surface area contributed by atoms with Crippen molar-refractivity contribution in [1.82, 2.24) is 5.32 Å². The number of carboxylic acids is 1. The number of aliphatic hydroxyl groups is 3. The molecule has 4 fully saturated rings. The second-order valence-corrected chi connectivity index (χ2v) is 12.2. The van der Waals surface area contributed by atoms with Crippen molar-refractivity contribution in [3.05, 3.63) is 0 Å². The van der Waals surface area contributed by atoms with E-state index >= 15 is 0 Å². The lowest BCUT2D eigenvalue weighted by Crippen LogP contribution is -2.64. The van der Waals surface area contributed by atoms with Crippen LogP contribution >= 0.6 is 0 Å². The Morgan fingerprint density at radius 1 is 0.939 bits per heavy atom. The maximum Gasteiger partial charge on any atom is 0.322 e. The highest BCUT2D eigenvalue weighted by atomic mass is 16.4. The van der Waals surface area contributed by atoms with Gasteiger partial charge in [-0.15, -0.1) is 0 Å². The number of rotatable bonds is 6. The SMILES string of the molecule is C[C@H](CCC(=O)NCC(=O)O)[C@@H]1CC[C@@H]2[C@@H]3[C@@H](O)[C@@H](O)[C@@H]4C[C@H](O)CC[C@]4(C)[C@@H]3CC[C@@]21C. The summed E-state index contributed by atoms with van der Waals surface area (Å²) >= 11 is 0. The van der Waals surface area contributed by atoms with Gasteiger partial charge in [-0.25, -0.2) is 0 Å². The lowest BCUT2D eigenvalue weighted by atomic mass is 9.43. The Kier molecular flexibility index (Phi) is 6.89. The van der Waals surface area contributed by atoms with E-state index in [4.69, 9.17) is 5.11 Å². The summed E-state index contributed by atoms with van der Waals surface area (Å²) in [6.45, 7) is 6.53. The molecule has 0 aromatic carbocycles. The van der Waals surface area contributed by atoms with Gasteiger partial charge in [-0.2, -0.15) is 0 Å². The minimum Gasteiger partial charge on any atom is -0.480 e. The highest BCUT2D eigenvalue weighted by molar-refractivity contribution is 5.81. The minimum absolute atomic E-state index is 0.0319. The van der Waals surface area contributed by atoms with E-state index in [9.17, 15) is 24.9 Å². The lowest BCUT2D eigenvalue weighted by molar-refractivity contribution is -0.223. The summed E-state index contributed by atoms with van der Waals surface area (Å²) in [6.07, 6.45) is 5.74. The van der Waals surface area contributed by atoms with Gasteiger partial charge in [-0.3, -0.25) is 9.59 Å². The molecule has 0 aromatic heterocycles. The van der Waals surface area contributed by atoms with Gasteiger partial charge in [0.1, 0.15) is 6.54 Å². The third-order valence-corrected chi connectivity index (χ3v) is 10.7. The summed E-state index contributed by atoms with van der Waals surface area (Å²) in [6, 6.07) is 0. The standard InChI is InChI=1S/C26H43NO6/c1-14(4-7-20(29)27-13-21(30)31)16-5-6-17-22-18(9-11-25(16,17)2)26(3)10-8-15(28)12-19(26)23(32)24(22)33/h14-19,22-24,28,32-33H,4-13H2,1-3H3,(H,27,29)(H,30,31)/t14-,15-,16+,17-,18-,19+,22+,23+,24-,25-,26-/m1/s1. The van der Waals surface area contributed by atoms with Gasteiger partial charge < -0.3 is 25.7 Å². The largest absolute Gasteiger partial charge is 0.480 e. The fourth-order valence-electron chi connectivity index (χ4n) is 9.04. The van der Waals surface area contributed by atoms with Crippen molar-refractivity contribution >= 4 is 11.9 Å². The molecule has 0 saturated heterocycles. The van der Waals surface area contributed by atoms with Gasteiger partial charge in [0.15, 0.2) is 0 Å². The molecule has 0 unspecified atom stereocenters. The Morgan fingerprint density at radius 2 is 1.61 bits per heavy atom. The van der Waals surface area contributed by atoms with E-state index in [0.29, 0.717) is 36.5 Å². The lowest BCUT2D eigenvalue weighted by Gasteiger charge is -2.63. The van der Waals surface area contributed by atoms with Gasteiger partial charge in [0, 0.05) is 6.42 Å². The van der Waals surface area contributed by atoms with Crippen LogP contribution in [-0.4, -0.2) is 57.2 Å². The van der Waals surface area contributed by atoms with E-state index < -0.39 is 18.2 Å². The molecule has 0 spiro atoms. The van der Waals surface area contributed by atoms with Crippen LogP contribution in [0, 0.1) is 46.3 Å². The van der Waals surface area contributed by atoms with Gasteiger partial charge in [0.05, 0.1) is 18.3 Å². The molecule has 0 bridgehead atoms. The van der Waals surface area contributed by atoms with Crippen LogP contribution in [0.2, 0.25) is 0 Å². The number of carboxylic acid groups (broad SMARTS) is 1. The summed E-state index contributed by atoms with van der Waals surface area (Å²) in [5, 5.41) is 44.0. The fraction of sp³-hybridized carbons (Fsp3) is 0.923. The maximum absolute atomic E-state index is 12.0. The fourth-order valence-corrected chi connectivity index (χ4v) is 9.04. The number of amides is 1. The molecule has 188 valence electrons. The number of carbonyl (C=O) groups excluding carboxylic acids is 1. The van der Waals surface area contributed by atoms with Crippen LogP contribution in [0.4, 0.5) is 0 Å². The van der Waals surface area contributed by atoms with E-state index in [1.54, 1.807) is 0 Å². The van der Waals surface area contributed by atoms with Crippen molar-refractivity contribution in [2.75, 3.05) is 6.54 Å². The second kappa shape index (κ2) is 9.12. The molecule has 7 nitrogen and oxygen atoms in total. The summed E-state index contributed by atoms with van der Waals surface area (Å²) in [5.74, 6) is 0.340. The van der Waals surface area contributed by atoms with Crippen LogP contribution in [0.1, 0.15) is 78.6 Å². The molecule has 0 heterocycles. The first-order chi connectivity index (χ1) is 15.5. The third-order valence-electron chi connectivity index (χ3n) is 10.7. The summed E-state index contributed by atoms with van der Waals surface area (Å²) < 4.78 is 0. The first-order valence-corrected chi connectivity index (χ1v) is 13.0. The molecule has 1 amide bonds. The molecule has 4 aliphatic rings. The zero-order valence-corrected chi connectivity index (χ0v) is 20.4. The Bertz CT molecular complexity index is 759. The predicted octanol–water partition coefficient (Wildman–Crippen LogP) is 2.56. The number of hydrogen-bond acceptors (Lipinski definition) is 5. The van der Waals surface area contributed by atoms with E-state index in [0.717, 1.165) is 44.9 Å². The average Bonchev–Trinajstić information content (AvgIpc) is 3.12. The quantitative estimate of drug-likeness (QED) is 0.410. The molecule has 0 aliphatic heterocycles. The molecule has 4 saturated carbocycles. The van der Waals surface area contributed by atoms with Crippen LogP contribution < -0.4 is 5.32 Å². The van der Waals surface area contributed by atoms with Crippen molar-refractivity contribution in [1.29, 1.82) is 0 Å². The molecule has 4 rings (SSSR count). The molecular weight excluding hydrogens is 422 g/mol. The molecule has 11 atom stereocenters. The van der Waals surface area contributed by atoms with Crippen molar-refractivity contribution < 1.29 is 30.0 Å². The number of aliphatic hydroxyl groups excluding tert-OH is 3. The molecule has 0 aromatic rings. The van der Waals surface area contributed by atoms with E-state index in [-0.39, 0.29) is 41.2 Å². The number of fused-ring (bicyclic) bond motifs is 5. The smallest absolute Gasteiger partial charge is 0.322 e. The zero-order chi connectivity index (χ0) is 24.1. The van der Waals surface area contributed by atoms with Crippen LogP contribution in [0.15, 0.2) is 0 Å². The molecule has 4 aliphatic carbocycles. The first-order valence-electron chi connectivity index (χ1n) is 13.0. The van der Waals surface area contributed by atoms with E-state index in [1.165, 1.54) is 0 Å². The van der Waals surface area contributed by atoms with Crippen molar-refractivity contribution in [3.63, 3.8) is 0 Å². The monoisotopic (exact) mass is 465 g/mol. The Balaban J connectivity index is 1.47. The van der Waals surface area contributed by atoms with Crippen molar-refractivity contribution in [2.24, 2.45) is 46.3 Å². The van der Waals surface area contributed by atoms with Gasteiger partial charge in [0.25, 0.3) is 0 Å². The van der Waals surface area contributed by atoms with Gasteiger partial charge in [-0.05, 0) is 97.7 Å². The summed E-state index contributed by atoms with van der Waals surface area (Å²) in [4.78, 5) is 22.7. The highest BCUT2D eigenvalue weighted by Gasteiger charge is 2.65. The topological polar surface area (TPSA) is 127 Å². The number of hydrogen-bond donors (Lipinski definition) is 5. The molecule has 5 N–H and O–H groups in total. The van der Waals surface area contributed by atoms with E-state index in [2.05, 4.69) is 26.1 Å². The molecule has 0 radical (unpaired) electrons. The van der Waals surface area contributed by atoms with Crippen molar-refractivity contribution in [2.45, 2.75) is 96.9 Å². The number of aliphatic carboxylic acids is 1. The Labute approximate surface area is 197 Å². The van der Waals surface area contributed by atoms with E-state index in [1.807, 2.05) is 0 Å². The molecule has 7 heteroatoms. The maximum atomic E-state index is 12.0. The Hall–Kier alpha value is -1.18. The van der Waals surface area contributed by atoms with Crippen LogP contribution in [0.3, 0.4) is 0 Å². The van der Waals surface area contributed by atoms with Gasteiger partial charge in [-0.1, -0.05) is 20.8 Å². The number of carbonyl (C=O) groups is 2. The predicted molar refractivity (Wildman–Crippen MR) is 123 cm³/mol. The van der Waals surface area contributed by atoms with Gasteiger partial charge in [0.2, 0.25) is 5.91 Å². The Morgan fingerprint density at radius 3 is 2.30 bits per heavy atom. The summed E-state index contributed by atoms with van der Waals surface area (Å²) in [5.41, 5.74) is 0.0476. The second-order valence-electron chi connectivity index (χ2n) is 12.2. The van der Waals surface area contributed by atoms with Crippen LogP contribution in [0.5, 0.6) is 0 Å². The molecule has 33 heavy (non-hydrogen) atoms. The highest BCUT2D eigenvalue weighted by Crippen LogP contribution is 2.68.